The Hall–Kier alpha value is -0.445. The van der Waals surface area contributed by atoms with E-state index in [-0.39, 0.29) is 37.7 Å². The molecule has 174 valence electrons. The minimum absolute atomic E-state index is 0. The minimum atomic E-state index is 0. The van der Waals surface area contributed by atoms with E-state index in [1.165, 1.54) is 86.5 Å². The third-order valence-corrected chi connectivity index (χ3v) is 5.56. The molecule has 0 atom stereocenters. The molecular weight excluding hydrogens is 390 g/mol. The summed E-state index contributed by atoms with van der Waals surface area (Å²) in [5.41, 5.74) is 5.74. The van der Waals surface area contributed by atoms with Crippen molar-refractivity contribution < 1.29 is 37.7 Å². The summed E-state index contributed by atoms with van der Waals surface area (Å²) in [4.78, 5) is 2.20. The quantitative estimate of drug-likeness (QED) is 0.354. The molecule has 0 aliphatic carbocycles. The standard InChI is InChI=1S/C15H25N.C14H23N.2Li/c1-4-5-6-7-8-14-9-11-15(12-10-14)13-16(2)3;1-3-4-5-6-7-13-8-10-14(11-9-13)12-15-2;;/h9-12H,4-8,13H2,1-3H3;8-11,15H,3-7,12H2,1-2H3;;/q;;2*+1. The second-order valence-corrected chi connectivity index (χ2v) is 9.02. The largest absolute Gasteiger partial charge is 1.00 e. The molecule has 0 aliphatic heterocycles. The smallest absolute Gasteiger partial charge is 0.316 e. The first-order chi connectivity index (χ1) is 15.1. The Morgan fingerprint density at radius 1 is 0.576 bits per heavy atom. The maximum atomic E-state index is 3.16. The number of unbranched alkanes of at least 4 members (excludes halogenated alkanes) is 6. The van der Waals surface area contributed by atoms with Gasteiger partial charge in [0, 0.05) is 13.1 Å². The molecule has 0 radical (unpaired) electrons. The fraction of sp³-hybridized carbons (Fsp3) is 0.586. The van der Waals surface area contributed by atoms with Crippen LogP contribution in [0.5, 0.6) is 0 Å². The summed E-state index contributed by atoms with van der Waals surface area (Å²) in [5, 5.41) is 3.16. The van der Waals surface area contributed by atoms with E-state index in [0.717, 1.165) is 13.1 Å². The summed E-state index contributed by atoms with van der Waals surface area (Å²) in [6, 6.07) is 18.1. The number of hydrogen-bond donors (Lipinski definition) is 1. The molecule has 0 bridgehead atoms. The topological polar surface area (TPSA) is 15.3 Å². The number of hydrogen-bond acceptors (Lipinski definition) is 2. The average Bonchev–Trinajstić information content (AvgIpc) is 2.77. The van der Waals surface area contributed by atoms with E-state index in [9.17, 15) is 0 Å². The average molecular weight is 439 g/mol. The number of nitrogens with one attached hydrogen (secondary N) is 1. The van der Waals surface area contributed by atoms with Crippen LogP contribution in [0.1, 0.15) is 87.5 Å². The molecule has 0 unspecified atom stereocenters. The number of benzene rings is 2. The molecule has 0 heterocycles. The van der Waals surface area contributed by atoms with Crippen molar-refractivity contribution in [3.05, 3.63) is 70.8 Å². The van der Waals surface area contributed by atoms with Crippen LogP contribution in [0.4, 0.5) is 0 Å². The summed E-state index contributed by atoms with van der Waals surface area (Å²) < 4.78 is 0. The first-order valence-electron chi connectivity index (χ1n) is 12.5. The number of nitrogens with zero attached hydrogens (tertiary/aromatic N) is 1. The van der Waals surface area contributed by atoms with E-state index < -0.39 is 0 Å². The first-order valence-corrected chi connectivity index (χ1v) is 12.5. The van der Waals surface area contributed by atoms with E-state index in [1.807, 2.05) is 7.05 Å². The van der Waals surface area contributed by atoms with Crippen molar-refractivity contribution in [1.82, 2.24) is 10.2 Å². The third-order valence-electron chi connectivity index (χ3n) is 5.56. The van der Waals surface area contributed by atoms with E-state index in [1.54, 1.807) is 0 Å². The summed E-state index contributed by atoms with van der Waals surface area (Å²) in [6.45, 7) is 6.52. The van der Waals surface area contributed by atoms with Crippen LogP contribution in [0.15, 0.2) is 48.5 Å². The van der Waals surface area contributed by atoms with Gasteiger partial charge in [-0.25, -0.2) is 0 Å². The summed E-state index contributed by atoms with van der Waals surface area (Å²) in [7, 11) is 6.20. The Morgan fingerprint density at radius 2 is 0.970 bits per heavy atom. The van der Waals surface area contributed by atoms with Crippen molar-refractivity contribution in [2.45, 2.75) is 91.1 Å². The zero-order chi connectivity index (χ0) is 22.7. The number of aryl methyl sites for hydroxylation is 2. The van der Waals surface area contributed by atoms with Crippen molar-refractivity contribution >= 4 is 0 Å². The van der Waals surface area contributed by atoms with Crippen LogP contribution in [0, 0.1) is 0 Å². The first kappa shape index (κ1) is 34.7. The zero-order valence-electron chi connectivity index (χ0n) is 23.1. The molecule has 2 aromatic rings. The van der Waals surface area contributed by atoms with Gasteiger partial charge in [-0.1, -0.05) is 101 Å². The van der Waals surface area contributed by atoms with Gasteiger partial charge in [-0.3, -0.25) is 0 Å². The molecule has 4 heteroatoms. The van der Waals surface area contributed by atoms with Gasteiger partial charge in [-0.15, -0.1) is 0 Å². The number of rotatable bonds is 14. The van der Waals surface area contributed by atoms with Crippen LogP contribution in [0.3, 0.4) is 0 Å². The van der Waals surface area contributed by atoms with Gasteiger partial charge in [0.05, 0.1) is 0 Å². The molecule has 0 saturated carbocycles. The van der Waals surface area contributed by atoms with Gasteiger partial charge in [0.2, 0.25) is 0 Å². The van der Waals surface area contributed by atoms with Crippen molar-refractivity contribution in [3.63, 3.8) is 0 Å². The second-order valence-electron chi connectivity index (χ2n) is 9.02. The molecule has 2 aromatic carbocycles. The van der Waals surface area contributed by atoms with Gasteiger partial charge >= 0.3 is 37.7 Å². The van der Waals surface area contributed by atoms with Gasteiger partial charge < -0.3 is 10.2 Å². The Balaban J connectivity index is 0. The van der Waals surface area contributed by atoms with Crippen LogP contribution in [0.25, 0.3) is 0 Å². The van der Waals surface area contributed by atoms with Crippen LogP contribution in [-0.2, 0) is 25.9 Å². The molecule has 2 rings (SSSR count). The van der Waals surface area contributed by atoms with Crippen molar-refractivity contribution in [1.29, 1.82) is 0 Å². The normalized spacial score (nSPS) is 10.1. The maximum absolute atomic E-state index is 3.16. The van der Waals surface area contributed by atoms with Gasteiger partial charge in [-0.2, -0.15) is 0 Å². The molecule has 0 aromatic heterocycles. The Labute approximate surface area is 230 Å². The van der Waals surface area contributed by atoms with Crippen LogP contribution in [0.2, 0.25) is 0 Å². The molecule has 1 N–H and O–H groups in total. The monoisotopic (exact) mass is 438 g/mol. The molecular formula is C29H48Li2N2+2. The van der Waals surface area contributed by atoms with E-state index in [2.05, 4.69) is 86.7 Å². The van der Waals surface area contributed by atoms with Gasteiger partial charge in [0.1, 0.15) is 0 Å². The fourth-order valence-corrected chi connectivity index (χ4v) is 3.72. The fourth-order valence-electron chi connectivity index (χ4n) is 3.72. The minimum Gasteiger partial charge on any atom is -0.316 e. The zero-order valence-corrected chi connectivity index (χ0v) is 23.1. The van der Waals surface area contributed by atoms with Crippen LogP contribution >= 0.6 is 0 Å². The molecule has 0 saturated heterocycles. The SMILES string of the molecule is CCCCCCc1ccc(CN(C)C)cc1.CCCCCCc1ccc(CNC)cc1.[Li+].[Li+]. The molecule has 0 aliphatic rings. The Morgan fingerprint density at radius 3 is 1.33 bits per heavy atom. The second kappa shape index (κ2) is 23.3. The van der Waals surface area contributed by atoms with E-state index in [0.29, 0.717) is 0 Å². The predicted molar refractivity (Wildman–Crippen MR) is 139 cm³/mol. The Bertz CT molecular complexity index is 654. The van der Waals surface area contributed by atoms with Crippen LogP contribution in [-0.4, -0.2) is 26.0 Å². The summed E-state index contributed by atoms with van der Waals surface area (Å²) in [5.74, 6) is 0. The van der Waals surface area contributed by atoms with Crippen molar-refractivity contribution in [2.24, 2.45) is 0 Å². The van der Waals surface area contributed by atoms with Crippen molar-refractivity contribution in [2.75, 3.05) is 21.1 Å². The molecule has 0 spiro atoms. The van der Waals surface area contributed by atoms with Crippen LogP contribution < -0.4 is 43.0 Å². The van der Waals surface area contributed by atoms with Gasteiger partial charge in [0.15, 0.2) is 0 Å². The summed E-state index contributed by atoms with van der Waals surface area (Å²) >= 11 is 0. The van der Waals surface area contributed by atoms with Gasteiger partial charge in [0.25, 0.3) is 0 Å². The predicted octanol–water partition coefficient (Wildman–Crippen LogP) is 1.41. The molecule has 0 amide bonds. The molecule has 0 fully saturated rings. The molecule has 33 heavy (non-hydrogen) atoms. The maximum Gasteiger partial charge on any atom is 1.00 e. The third kappa shape index (κ3) is 18.5. The van der Waals surface area contributed by atoms with E-state index in [4.69, 9.17) is 0 Å². The van der Waals surface area contributed by atoms with E-state index >= 15 is 0 Å². The van der Waals surface area contributed by atoms with Crippen molar-refractivity contribution in [3.8, 4) is 0 Å². The van der Waals surface area contributed by atoms with Gasteiger partial charge in [-0.05, 0) is 69.1 Å². The Kier molecular flexibility index (Phi) is 24.5. The molecule has 2 nitrogen and oxygen atoms in total. The summed E-state index contributed by atoms with van der Waals surface area (Å²) in [6.07, 6.45) is 13.3.